The molecule has 4 heterocycles. The van der Waals surface area contributed by atoms with Crippen LogP contribution in [0.5, 0.6) is 5.75 Å². The molecule has 2 atom stereocenters. The van der Waals surface area contributed by atoms with Gasteiger partial charge in [0.05, 0.1) is 19.0 Å². The van der Waals surface area contributed by atoms with Gasteiger partial charge in [0.1, 0.15) is 5.75 Å². The number of rotatable bonds is 5. The maximum Gasteiger partial charge on any atom is 0.324 e. The zero-order valence-corrected chi connectivity index (χ0v) is 19.1. The average Bonchev–Trinajstić information content (AvgIpc) is 3.18. The fourth-order valence-corrected chi connectivity index (χ4v) is 4.38. The van der Waals surface area contributed by atoms with Gasteiger partial charge in [-0.3, -0.25) is 4.98 Å². The molecule has 0 aromatic carbocycles. The van der Waals surface area contributed by atoms with Crippen molar-refractivity contribution < 1.29 is 9.26 Å². The SMILES string of the molecule is CC(C)c1noc(N2CC3CC3C2)n1.COc1ccc(C2=CCN(SC)CC2)nc1. The van der Waals surface area contributed by atoms with Gasteiger partial charge in [0.25, 0.3) is 0 Å². The number of hydrogen-bond donors (Lipinski definition) is 0. The lowest BCUT2D eigenvalue weighted by molar-refractivity contribution is 0.405. The summed E-state index contributed by atoms with van der Waals surface area (Å²) in [6.07, 6.45) is 8.62. The molecular formula is C22H31N5O2S. The minimum absolute atomic E-state index is 0.352. The van der Waals surface area contributed by atoms with Gasteiger partial charge in [0.2, 0.25) is 0 Å². The van der Waals surface area contributed by atoms with Gasteiger partial charge >= 0.3 is 6.01 Å². The molecule has 0 amide bonds. The molecule has 0 bridgehead atoms. The fraction of sp³-hybridized carbons (Fsp3) is 0.591. The number of methoxy groups -OCH3 is 1. The Hall–Kier alpha value is -2.06. The normalized spacial score (nSPS) is 23.0. The van der Waals surface area contributed by atoms with E-state index >= 15 is 0 Å². The fourth-order valence-electron chi connectivity index (χ4n) is 3.88. The zero-order valence-electron chi connectivity index (χ0n) is 18.2. The van der Waals surface area contributed by atoms with Crippen LogP contribution < -0.4 is 9.64 Å². The lowest BCUT2D eigenvalue weighted by Crippen LogP contribution is -2.22. The van der Waals surface area contributed by atoms with E-state index in [-0.39, 0.29) is 0 Å². The van der Waals surface area contributed by atoms with Crippen molar-refractivity contribution in [2.75, 3.05) is 44.4 Å². The Bertz CT molecular complexity index is 857. The van der Waals surface area contributed by atoms with Crippen molar-refractivity contribution in [2.24, 2.45) is 11.8 Å². The second kappa shape index (κ2) is 9.39. The van der Waals surface area contributed by atoms with E-state index in [1.54, 1.807) is 25.3 Å². The predicted octanol–water partition coefficient (Wildman–Crippen LogP) is 4.11. The Kier molecular flexibility index (Phi) is 6.63. The van der Waals surface area contributed by atoms with Crippen LogP contribution in [0.25, 0.3) is 5.57 Å². The van der Waals surface area contributed by atoms with E-state index in [0.29, 0.717) is 5.92 Å². The number of aromatic nitrogens is 3. The van der Waals surface area contributed by atoms with Crippen LogP contribution in [0.1, 0.15) is 44.1 Å². The summed E-state index contributed by atoms with van der Waals surface area (Å²) in [6.45, 7) is 8.49. The van der Waals surface area contributed by atoms with Crippen molar-refractivity contribution in [3.8, 4) is 5.75 Å². The maximum atomic E-state index is 5.24. The Balaban J connectivity index is 0.000000146. The highest BCUT2D eigenvalue weighted by atomic mass is 32.2. The van der Waals surface area contributed by atoms with Crippen LogP contribution in [-0.4, -0.2) is 59.0 Å². The summed E-state index contributed by atoms with van der Waals surface area (Å²) in [5.41, 5.74) is 2.41. The van der Waals surface area contributed by atoms with Gasteiger partial charge in [-0.15, -0.1) is 0 Å². The van der Waals surface area contributed by atoms with E-state index in [1.807, 2.05) is 12.1 Å². The molecule has 1 saturated carbocycles. The number of anilines is 1. The van der Waals surface area contributed by atoms with E-state index < -0.39 is 0 Å². The number of fused-ring (bicyclic) bond motifs is 1. The van der Waals surface area contributed by atoms with E-state index in [1.165, 1.54) is 12.0 Å². The van der Waals surface area contributed by atoms with Crippen LogP contribution in [0.3, 0.4) is 0 Å². The molecule has 2 aromatic rings. The van der Waals surface area contributed by atoms with Crippen molar-refractivity contribution in [3.05, 3.63) is 35.9 Å². The molecule has 0 spiro atoms. The van der Waals surface area contributed by atoms with Crippen LogP contribution in [0.2, 0.25) is 0 Å². The quantitative estimate of drug-likeness (QED) is 0.658. The highest BCUT2D eigenvalue weighted by Crippen LogP contribution is 2.45. The van der Waals surface area contributed by atoms with Crippen molar-refractivity contribution in [3.63, 3.8) is 0 Å². The number of ether oxygens (including phenoxy) is 1. The number of hydrogen-bond acceptors (Lipinski definition) is 8. The molecule has 7 nitrogen and oxygen atoms in total. The molecule has 162 valence electrons. The lowest BCUT2D eigenvalue weighted by atomic mass is 10.1. The summed E-state index contributed by atoms with van der Waals surface area (Å²) in [4.78, 5) is 11.0. The topological polar surface area (TPSA) is 67.5 Å². The first kappa shape index (κ1) is 21.2. The second-order valence-electron chi connectivity index (χ2n) is 8.38. The zero-order chi connectivity index (χ0) is 21.1. The highest BCUT2D eigenvalue weighted by molar-refractivity contribution is 7.96. The Morgan fingerprint density at radius 2 is 2.03 bits per heavy atom. The van der Waals surface area contributed by atoms with Gasteiger partial charge in [-0.1, -0.05) is 37.0 Å². The van der Waals surface area contributed by atoms with Gasteiger partial charge in [0, 0.05) is 32.1 Å². The van der Waals surface area contributed by atoms with Crippen LogP contribution in [0.4, 0.5) is 6.01 Å². The van der Waals surface area contributed by atoms with Crippen LogP contribution in [0.15, 0.2) is 28.9 Å². The lowest BCUT2D eigenvalue weighted by Gasteiger charge is -2.23. The summed E-state index contributed by atoms with van der Waals surface area (Å²) in [5.74, 6) is 3.80. The smallest absolute Gasteiger partial charge is 0.324 e. The summed E-state index contributed by atoms with van der Waals surface area (Å²) >= 11 is 1.80. The van der Waals surface area contributed by atoms with Crippen LogP contribution in [0, 0.1) is 11.8 Å². The molecule has 0 radical (unpaired) electrons. The van der Waals surface area contributed by atoms with Crippen molar-refractivity contribution >= 4 is 23.5 Å². The molecule has 5 rings (SSSR count). The monoisotopic (exact) mass is 429 g/mol. The first-order valence-corrected chi connectivity index (χ1v) is 11.8. The predicted molar refractivity (Wildman–Crippen MR) is 121 cm³/mol. The maximum absolute atomic E-state index is 5.24. The molecule has 1 aliphatic carbocycles. The molecule has 2 unspecified atom stereocenters. The number of pyridine rings is 1. The third kappa shape index (κ3) is 4.98. The molecule has 2 fully saturated rings. The van der Waals surface area contributed by atoms with Gasteiger partial charge in [0.15, 0.2) is 5.82 Å². The van der Waals surface area contributed by atoms with Crippen molar-refractivity contribution in [2.45, 2.75) is 32.6 Å². The second-order valence-corrected chi connectivity index (χ2v) is 9.27. The average molecular weight is 430 g/mol. The molecule has 2 aliphatic heterocycles. The van der Waals surface area contributed by atoms with E-state index in [2.05, 4.69) is 50.5 Å². The Morgan fingerprint density at radius 3 is 2.57 bits per heavy atom. The van der Waals surface area contributed by atoms with Gasteiger partial charge < -0.3 is 14.2 Å². The summed E-state index contributed by atoms with van der Waals surface area (Å²) in [6, 6.07) is 4.71. The van der Waals surface area contributed by atoms with Crippen LogP contribution >= 0.6 is 11.9 Å². The van der Waals surface area contributed by atoms with Gasteiger partial charge in [-0.2, -0.15) is 4.98 Å². The minimum Gasteiger partial charge on any atom is -0.495 e. The molecule has 30 heavy (non-hydrogen) atoms. The van der Waals surface area contributed by atoms with Crippen LogP contribution in [-0.2, 0) is 0 Å². The third-order valence-electron chi connectivity index (χ3n) is 5.93. The van der Waals surface area contributed by atoms with Crippen molar-refractivity contribution in [1.29, 1.82) is 0 Å². The minimum atomic E-state index is 0.352. The molecule has 2 aromatic heterocycles. The first-order valence-electron chi connectivity index (χ1n) is 10.6. The Labute approximate surface area is 183 Å². The number of piperidine rings is 1. The standard InChI is InChI=1S/C12H16N2OS.C10H15N3O/c1-15-11-3-4-12(13-9-11)10-5-7-14(16-2)8-6-10;1-6(2)9-11-10(14-12-9)13-4-7-3-8(7)5-13/h3-5,9H,6-8H2,1-2H3;6-8H,3-5H2,1-2H3. The third-order valence-corrected chi connectivity index (χ3v) is 6.78. The van der Waals surface area contributed by atoms with E-state index in [9.17, 15) is 0 Å². The summed E-state index contributed by atoms with van der Waals surface area (Å²) < 4.78 is 12.7. The van der Waals surface area contributed by atoms with Gasteiger partial charge in [-0.25, -0.2) is 4.31 Å². The number of nitrogens with zero attached hydrogens (tertiary/aromatic N) is 5. The largest absolute Gasteiger partial charge is 0.495 e. The van der Waals surface area contributed by atoms with E-state index in [4.69, 9.17) is 9.26 Å². The first-order chi connectivity index (χ1) is 14.6. The molecule has 0 N–H and O–H groups in total. The molecule has 1 saturated heterocycles. The van der Waals surface area contributed by atoms with E-state index in [0.717, 1.165) is 67.7 Å². The molecule has 8 heteroatoms. The Morgan fingerprint density at radius 1 is 1.23 bits per heavy atom. The summed E-state index contributed by atoms with van der Waals surface area (Å²) in [7, 11) is 1.66. The molecular weight excluding hydrogens is 398 g/mol. The molecule has 3 aliphatic rings. The van der Waals surface area contributed by atoms with Crippen molar-refractivity contribution in [1.82, 2.24) is 19.4 Å². The van der Waals surface area contributed by atoms with Gasteiger partial charge in [-0.05, 0) is 48.6 Å². The summed E-state index contributed by atoms with van der Waals surface area (Å²) in [5, 5.41) is 3.97. The highest BCUT2D eigenvalue weighted by Gasteiger charge is 2.46.